The maximum Gasteiger partial charge on any atom is 0.223 e. The molecule has 0 aliphatic carbocycles. The lowest BCUT2D eigenvalue weighted by atomic mass is 10.0. The van der Waals surface area contributed by atoms with Crippen LogP contribution in [0.3, 0.4) is 0 Å². The number of carbonyl (C=O) groups excluding carboxylic acids is 2. The second kappa shape index (κ2) is 8.13. The highest BCUT2D eigenvalue weighted by Crippen LogP contribution is 2.29. The number of amides is 1. The predicted molar refractivity (Wildman–Crippen MR) is 118 cm³/mol. The molecule has 4 nitrogen and oxygen atoms in total. The van der Waals surface area contributed by atoms with E-state index < -0.39 is 0 Å². The van der Waals surface area contributed by atoms with E-state index in [0.29, 0.717) is 5.56 Å². The van der Waals surface area contributed by atoms with Crippen LogP contribution in [0.4, 0.5) is 0 Å². The molecular formula is C24H22N2O2S. The summed E-state index contributed by atoms with van der Waals surface area (Å²) in [6.07, 6.45) is 0.394. The van der Waals surface area contributed by atoms with E-state index >= 15 is 0 Å². The van der Waals surface area contributed by atoms with E-state index in [1.165, 1.54) is 0 Å². The Labute approximate surface area is 173 Å². The molecule has 29 heavy (non-hydrogen) atoms. The lowest BCUT2D eigenvalue weighted by Gasteiger charge is -2.23. The first-order chi connectivity index (χ1) is 14.0. The zero-order chi connectivity index (χ0) is 20.4. The average Bonchev–Trinajstić information content (AvgIpc) is 3.20. The zero-order valence-corrected chi connectivity index (χ0v) is 17.3. The molecule has 1 amide bonds. The minimum atomic E-state index is -0.129. The van der Waals surface area contributed by atoms with Gasteiger partial charge in [-0.15, -0.1) is 11.3 Å². The smallest absolute Gasteiger partial charge is 0.223 e. The number of Topliss-reactive ketones (excluding diaryl/α,β-unsaturated/α-hetero) is 1. The number of para-hydroxylation sites is 1. The third-order valence-corrected chi connectivity index (χ3v) is 6.49. The topological polar surface area (TPSA) is 50.3 Å². The molecular weight excluding hydrogens is 380 g/mol. The van der Waals surface area contributed by atoms with Crippen LogP contribution in [-0.2, 0) is 4.79 Å². The van der Waals surface area contributed by atoms with E-state index in [1.807, 2.05) is 73.7 Å². The monoisotopic (exact) mass is 402 g/mol. The van der Waals surface area contributed by atoms with Crippen molar-refractivity contribution in [3.63, 3.8) is 0 Å². The Hall–Kier alpha value is -3.05. The van der Waals surface area contributed by atoms with Gasteiger partial charge in [-0.25, -0.2) is 4.98 Å². The van der Waals surface area contributed by atoms with Crippen LogP contribution in [0.2, 0.25) is 0 Å². The van der Waals surface area contributed by atoms with Gasteiger partial charge in [-0.2, -0.15) is 0 Å². The van der Waals surface area contributed by atoms with Gasteiger partial charge in [0.1, 0.15) is 5.01 Å². The van der Waals surface area contributed by atoms with Crippen molar-refractivity contribution in [1.29, 1.82) is 0 Å². The van der Waals surface area contributed by atoms with Gasteiger partial charge in [0.25, 0.3) is 0 Å². The minimum absolute atomic E-state index is 0.00913. The summed E-state index contributed by atoms with van der Waals surface area (Å²) in [6.45, 7) is 1.97. The SMILES string of the molecule is C[C@@H](c1nc2ccccc2s1)N(C)C(=O)CCC(=O)c1ccc2ccccc2c1. The summed E-state index contributed by atoms with van der Waals surface area (Å²) in [5.74, 6) is -0.0592. The molecule has 4 aromatic rings. The average molecular weight is 403 g/mol. The molecule has 146 valence electrons. The first kappa shape index (κ1) is 19.3. The third-order valence-electron chi connectivity index (χ3n) is 5.28. The summed E-state index contributed by atoms with van der Waals surface area (Å²) in [5, 5.41) is 3.04. The quantitative estimate of drug-likeness (QED) is 0.393. The van der Waals surface area contributed by atoms with Crippen molar-refractivity contribution in [2.75, 3.05) is 7.05 Å². The van der Waals surface area contributed by atoms with Gasteiger partial charge >= 0.3 is 0 Å². The molecule has 0 bridgehead atoms. The standard InChI is InChI=1S/C24H22N2O2S/c1-16(24-25-20-9-5-6-10-22(20)29-24)26(2)23(28)14-13-21(27)19-12-11-17-7-3-4-8-18(17)15-19/h3-12,15-16H,13-14H2,1-2H3/t16-/m0/s1. The first-order valence-electron chi connectivity index (χ1n) is 9.66. The van der Waals surface area contributed by atoms with Gasteiger partial charge in [-0.3, -0.25) is 9.59 Å². The fourth-order valence-electron chi connectivity index (χ4n) is 3.35. The Balaban J connectivity index is 1.40. The van der Waals surface area contributed by atoms with Crippen molar-refractivity contribution in [2.24, 2.45) is 0 Å². The molecule has 5 heteroatoms. The Bertz CT molecular complexity index is 1160. The summed E-state index contributed by atoms with van der Waals surface area (Å²) in [4.78, 5) is 31.6. The van der Waals surface area contributed by atoms with E-state index in [4.69, 9.17) is 0 Å². The van der Waals surface area contributed by atoms with Gasteiger partial charge in [-0.05, 0) is 35.9 Å². The number of carbonyl (C=O) groups is 2. The van der Waals surface area contributed by atoms with Crippen molar-refractivity contribution >= 4 is 44.0 Å². The molecule has 0 radical (unpaired) electrons. The number of ketones is 1. The maximum absolute atomic E-state index is 12.7. The summed E-state index contributed by atoms with van der Waals surface area (Å²) >= 11 is 1.60. The van der Waals surface area contributed by atoms with Crippen LogP contribution >= 0.6 is 11.3 Å². The molecule has 1 aromatic heterocycles. The minimum Gasteiger partial charge on any atom is -0.337 e. The highest BCUT2D eigenvalue weighted by atomic mass is 32.1. The van der Waals surface area contributed by atoms with Crippen LogP contribution in [0.1, 0.15) is 41.2 Å². The largest absolute Gasteiger partial charge is 0.337 e. The molecule has 4 rings (SSSR count). The molecule has 1 heterocycles. The van der Waals surface area contributed by atoms with E-state index in [9.17, 15) is 9.59 Å². The Kier molecular flexibility index (Phi) is 5.41. The molecule has 0 unspecified atom stereocenters. The van der Waals surface area contributed by atoms with Gasteiger partial charge in [0.15, 0.2) is 5.78 Å². The zero-order valence-electron chi connectivity index (χ0n) is 16.5. The normalized spacial score (nSPS) is 12.2. The van der Waals surface area contributed by atoms with Crippen molar-refractivity contribution < 1.29 is 9.59 Å². The van der Waals surface area contributed by atoms with Crippen LogP contribution in [0.5, 0.6) is 0 Å². The van der Waals surface area contributed by atoms with E-state index in [0.717, 1.165) is 26.0 Å². The summed E-state index contributed by atoms with van der Waals surface area (Å²) < 4.78 is 1.11. The molecule has 0 N–H and O–H groups in total. The lowest BCUT2D eigenvalue weighted by molar-refractivity contribution is -0.131. The molecule has 0 fully saturated rings. The molecule has 0 spiro atoms. The first-order valence-corrected chi connectivity index (χ1v) is 10.5. The number of hydrogen-bond acceptors (Lipinski definition) is 4. The number of benzene rings is 3. The van der Waals surface area contributed by atoms with Crippen LogP contribution in [0, 0.1) is 0 Å². The van der Waals surface area contributed by atoms with Crippen LogP contribution in [0.15, 0.2) is 66.7 Å². The van der Waals surface area contributed by atoms with Gasteiger partial charge in [0, 0.05) is 25.5 Å². The molecule has 1 atom stereocenters. The summed E-state index contributed by atoms with van der Waals surface area (Å²) in [5.41, 5.74) is 1.60. The summed E-state index contributed by atoms with van der Waals surface area (Å²) in [7, 11) is 1.78. The number of rotatable bonds is 6. The van der Waals surface area contributed by atoms with Crippen molar-refractivity contribution in [3.05, 3.63) is 77.3 Å². The maximum atomic E-state index is 12.7. The number of fused-ring (bicyclic) bond motifs is 2. The fourth-order valence-corrected chi connectivity index (χ4v) is 4.42. The van der Waals surface area contributed by atoms with Gasteiger partial charge in [0.05, 0.1) is 16.3 Å². The molecule has 0 aliphatic rings. The Morgan fingerprint density at radius 2 is 1.69 bits per heavy atom. The number of thiazole rings is 1. The highest BCUT2D eigenvalue weighted by Gasteiger charge is 2.21. The van der Waals surface area contributed by atoms with Crippen molar-refractivity contribution in [1.82, 2.24) is 9.88 Å². The number of hydrogen-bond donors (Lipinski definition) is 0. The van der Waals surface area contributed by atoms with Crippen LogP contribution < -0.4 is 0 Å². The van der Waals surface area contributed by atoms with Crippen LogP contribution in [-0.4, -0.2) is 28.6 Å². The van der Waals surface area contributed by atoms with E-state index in [-0.39, 0.29) is 30.6 Å². The molecule has 3 aromatic carbocycles. The van der Waals surface area contributed by atoms with E-state index in [2.05, 4.69) is 4.98 Å². The van der Waals surface area contributed by atoms with E-state index in [1.54, 1.807) is 23.3 Å². The van der Waals surface area contributed by atoms with Crippen LogP contribution in [0.25, 0.3) is 21.0 Å². The Morgan fingerprint density at radius 3 is 2.48 bits per heavy atom. The number of nitrogens with zero attached hydrogens (tertiary/aromatic N) is 2. The second-order valence-electron chi connectivity index (χ2n) is 7.19. The van der Waals surface area contributed by atoms with Gasteiger partial charge in [-0.1, -0.05) is 48.5 Å². The predicted octanol–water partition coefficient (Wildman–Crippen LogP) is 5.63. The lowest BCUT2D eigenvalue weighted by Crippen LogP contribution is -2.29. The summed E-state index contributed by atoms with van der Waals surface area (Å²) in [6, 6.07) is 21.5. The number of aromatic nitrogens is 1. The van der Waals surface area contributed by atoms with Crippen molar-refractivity contribution in [3.8, 4) is 0 Å². The third kappa shape index (κ3) is 4.05. The fraction of sp³-hybridized carbons (Fsp3) is 0.208. The molecule has 0 saturated heterocycles. The highest BCUT2D eigenvalue weighted by molar-refractivity contribution is 7.18. The second-order valence-corrected chi connectivity index (χ2v) is 8.25. The Morgan fingerprint density at radius 1 is 0.966 bits per heavy atom. The van der Waals surface area contributed by atoms with Gasteiger partial charge < -0.3 is 4.90 Å². The van der Waals surface area contributed by atoms with Gasteiger partial charge in [0.2, 0.25) is 5.91 Å². The molecule has 0 saturated carbocycles. The molecule has 0 aliphatic heterocycles. The van der Waals surface area contributed by atoms with Crippen molar-refractivity contribution in [2.45, 2.75) is 25.8 Å².